The van der Waals surface area contributed by atoms with Crippen molar-refractivity contribution in [2.24, 2.45) is 7.05 Å². The van der Waals surface area contributed by atoms with Crippen LogP contribution in [0.1, 0.15) is 27.7 Å². The van der Waals surface area contributed by atoms with Crippen molar-refractivity contribution in [3.63, 3.8) is 0 Å². The van der Waals surface area contributed by atoms with E-state index in [1.165, 1.54) is 5.69 Å². The largest absolute Gasteiger partial charge is 0.378 e. The third kappa shape index (κ3) is 3.86. The van der Waals surface area contributed by atoms with Crippen LogP contribution in [0.3, 0.4) is 0 Å². The molecule has 8 nitrogen and oxygen atoms in total. The van der Waals surface area contributed by atoms with E-state index in [1.807, 2.05) is 25.1 Å². The van der Waals surface area contributed by atoms with Crippen LogP contribution >= 0.6 is 0 Å². The van der Waals surface area contributed by atoms with Gasteiger partial charge in [-0.1, -0.05) is 6.07 Å². The number of fused-ring (bicyclic) bond motifs is 1. The van der Waals surface area contributed by atoms with E-state index < -0.39 is 0 Å². The minimum Gasteiger partial charge on any atom is -0.378 e. The van der Waals surface area contributed by atoms with Gasteiger partial charge >= 0.3 is 0 Å². The van der Waals surface area contributed by atoms with Crippen molar-refractivity contribution >= 4 is 28.8 Å². The van der Waals surface area contributed by atoms with Gasteiger partial charge in [0.05, 0.1) is 24.8 Å². The highest BCUT2D eigenvalue weighted by atomic mass is 16.5. The number of benzene rings is 1. The summed E-state index contributed by atoms with van der Waals surface area (Å²) in [6, 6.07) is 14.1. The number of pyridine rings is 1. The molecule has 1 fully saturated rings. The Balaban J connectivity index is 1.30. The van der Waals surface area contributed by atoms with Crippen molar-refractivity contribution in [2.75, 3.05) is 48.4 Å². The van der Waals surface area contributed by atoms with Crippen LogP contribution in [0.15, 0.2) is 42.5 Å². The summed E-state index contributed by atoms with van der Waals surface area (Å²) < 4.78 is 7.07. The first-order valence-corrected chi connectivity index (χ1v) is 10.6. The fourth-order valence-electron chi connectivity index (χ4n) is 4.25. The van der Waals surface area contributed by atoms with Crippen molar-refractivity contribution < 1.29 is 9.53 Å². The number of rotatable bonds is 5. The van der Waals surface area contributed by atoms with E-state index in [2.05, 4.69) is 44.9 Å². The molecule has 0 saturated carbocycles. The summed E-state index contributed by atoms with van der Waals surface area (Å²) in [5.74, 6) is 1.32. The average molecular weight is 419 g/mol. The number of carbonyl (C=O) groups excluding carboxylic acids is 1. The number of aryl methyl sites for hydroxylation is 2. The number of carbonyl (C=O) groups is 1. The molecule has 0 aliphatic carbocycles. The van der Waals surface area contributed by atoms with Gasteiger partial charge in [-0.3, -0.25) is 9.48 Å². The summed E-state index contributed by atoms with van der Waals surface area (Å²) in [7, 11) is 1.80. The third-order valence-electron chi connectivity index (χ3n) is 5.86. The van der Waals surface area contributed by atoms with Crippen LogP contribution in [0, 0.1) is 6.92 Å². The second-order valence-corrected chi connectivity index (χ2v) is 8.00. The third-order valence-corrected chi connectivity index (χ3v) is 5.86. The maximum absolute atomic E-state index is 13.0. The van der Waals surface area contributed by atoms with Crippen molar-refractivity contribution in [3.05, 3.63) is 59.4 Å². The predicted molar refractivity (Wildman–Crippen MR) is 120 cm³/mol. The minimum absolute atomic E-state index is 0.0653. The zero-order chi connectivity index (χ0) is 21.4. The van der Waals surface area contributed by atoms with E-state index in [0.29, 0.717) is 12.2 Å². The Morgan fingerprint density at radius 3 is 2.65 bits per heavy atom. The van der Waals surface area contributed by atoms with E-state index in [0.717, 1.165) is 54.9 Å². The van der Waals surface area contributed by atoms with E-state index in [1.54, 1.807) is 11.7 Å². The number of hydrogen-bond donors (Lipinski definition) is 2. The molecule has 1 aromatic carbocycles. The van der Waals surface area contributed by atoms with E-state index >= 15 is 0 Å². The first kappa shape index (κ1) is 19.6. The summed E-state index contributed by atoms with van der Waals surface area (Å²) in [4.78, 5) is 20.0. The number of nitrogens with zero attached hydrogens (tertiary/aromatic N) is 4. The molecule has 3 aromatic rings. The standard InChI is InChI=1S/C23H26N6O2/c1-15-13-20(28(2)27-15)22(30)19-14-24-23-18(19)7-8-21(26-23)25-16-3-5-17(6-4-16)29-9-11-31-12-10-29/h3-8,13,19H,9-12,14H2,1-2H3,(H2,24,25,26). The Bertz CT molecular complexity index is 1100. The Morgan fingerprint density at radius 2 is 1.94 bits per heavy atom. The molecule has 1 saturated heterocycles. The van der Waals surface area contributed by atoms with E-state index in [-0.39, 0.29) is 11.7 Å². The minimum atomic E-state index is -0.251. The van der Waals surface area contributed by atoms with Crippen LogP contribution in [0.25, 0.3) is 0 Å². The lowest BCUT2D eigenvalue weighted by atomic mass is 9.96. The Kier molecular flexibility index (Phi) is 5.07. The van der Waals surface area contributed by atoms with Gasteiger partial charge in [0.15, 0.2) is 5.78 Å². The first-order chi connectivity index (χ1) is 15.1. The van der Waals surface area contributed by atoms with Gasteiger partial charge in [-0.25, -0.2) is 4.98 Å². The van der Waals surface area contributed by atoms with Gasteiger partial charge in [-0.15, -0.1) is 0 Å². The van der Waals surface area contributed by atoms with Crippen LogP contribution in [-0.2, 0) is 11.8 Å². The van der Waals surface area contributed by atoms with Gasteiger partial charge in [0.2, 0.25) is 0 Å². The summed E-state index contributed by atoms with van der Waals surface area (Å²) >= 11 is 0. The normalized spacial score (nSPS) is 17.9. The molecule has 0 bridgehead atoms. The SMILES string of the molecule is Cc1cc(C(=O)C2CNc3nc(Nc4ccc(N5CCOCC5)cc4)ccc32)n(C)n1. The number of anilines is 4. The molecule has 0 spiro atoms. The van der Waals surface area contributed by atoms with Gasteiger partial charge in [0.1, 0.15) is 17.3 Å². The molecule has 4 heterocycles. The van der Waals surface area contributed by atoms with E-state index in [9.17, 15) is 4.79 Å². The molecule has 0 amide bonds. The monoisotopic (exact) mass is 418 g/mol. The summed E-state index contributed by atoms with van der Waals surface area (Å²) in [6.07, 6.45) is 0. The van der Waals surface area contributed by atoms with Gasteiger partial charge in [0, 0.05) is 43.6 Å². The number of aromatic nitrogens is 3. The molecular weight excluding hydrogens is 392 g/mol. The highest BCUT2D eigenvalue weighted by molar-refractivity contribution is 6.01. The Labute approximate surface area is 181 Å². The summed E-state index contributed by atoms with van der Waals surface area (Å²) in [5, 5.41) is 10.9. The van der Waals surface area contributed by atoms with Gasteiger partial charge in [0.25, 0.3) is 0 Å². The number of morpholine rings is 1. The van der Waals surface area contributed by atoms with Crippen LogP contribution in [0.5, 0.6) is 0 Å². The fraction of sp³-hybridized carbons (Fsp3) is 0.348. The second-order valence-electron chi connectivity index (χ2n) is 8.00. The smallest absolute Gasteiger partial charge is 0.190 e. The molecule has 2 aliphatic rings. The van der Waals surface area contributed by atoms with Gasteiger partial charge in [-0.2, -0.15) is 5.10 Å². The Hall–Kier alpha value is -3.39. The number of Topliss-reactive ketones (excluding diaryl/α,β-unsaturated/α-hetero) is 1. The van der Waals surface area contributed by atoms with Crippen LogP contribution in [0.2, 0.25) is 0 Å². The molecule has 160 valence electrons. The maximum Gasteiger partial charge on any atom is 0.190 e. The van der Waals surface area contributed by atoms with E-state index in [4.69, 9.17) is 9.72 Å². The number of nitrogens with one attached hydrogen (secondary N) is 2. The molecule has 2 N–H and O–H groups in total. The molecular formula is C23H26N6O2. The van der Waals surface area contributed by atoms with Crippen molar-refractivity contribution in [3.8, 4) is 0 Å². The first-order valence-electron chi connectivity index (χ1n) is 10.6. The molecule has 2 aliphatic heterocycles. The lowest BCUT2D eigenvalue weighted by Crippen LogP contribution is -2.36. The molecule has 2 aromatic heterocycles. The maximum atomic E-state index is 13.0. The number of hydrogen-bond acceptors (Lipinski definition) is 7. The van der Waals surface area contributed by atoms with Crippen molar-refractivity contribution in [1.29, 1.82) is 0 Å². The zero-order valence-electron chi connectivity index (χ0n) is 17.8. The van der Waals surface area contributed by atoms with Crippen molar-refractivity contribution in [2.45, 2.75) is 12.8 Å². The lowest BCUT2D eigenvalue weighted by Gasteiger charge is -2.28. The quantitative estimate of drug-likeness (QED) is 0.616. The number of ketones is 1. The lowest BCUT2D eigenvalue weighted by molar-refractivity contribution is 0.0957. The topological polar surface area (TPSA) is 84.3 Å². The highest BCUT2D eigenvalue weighted by Crippen LogP contribution is 2.34. The predicted octanol–water partition coefficient (Wildman–Crippen LogP) is 3.10. The van der Waals surface area contributed by atoms with Crippen LogP contribution in [0.4, 0.5) is 23.0 Å². The average Bonchev–Trinajstić information content (AvgIpc) is 3.36. The molecule has 1 atom stereocenters. The van der Waals surface area contributed by atoms with Crippen molar-refractivity contribution in [1.82, 2.24) is 14.8 Å². The second kappa shape index (κ2) is 8.03. The molecule has 31 heavy (non-hydrogen) atoms. The molecule has 5 rings (SSSR count). The number of ether oxygens (including phenoxy) is 1. The Morgan fingerprint density at radius 1 is 1.16 bits per heavy atom. The van der Waals surface area contributed by atoms with Crippen LogP contribution < -0.4 is 15.5 Å². The van der Waals surface area contributed by atoms with Crippen LogP contribution in [-0.4, -0.2) is 53.4 Å². The fourth-order valence-corrected chi connectivity index (χ4v) is 4.25. The molecule has 0 radical (unpaired) electrons. The molecule has 8 heteroatoms. The highest BCUT2D eigenvalue weighted by Gasteiger charge is 2.32. The molecule has 1 unspecified atom stereocenters. The summed E-state index contributed by atoms with van der Waals surface area (Å²) in [6.45, 7) is 5.82. The van der Waals surface area contributed by atoms with Gasteiger partial charge in [-0.05, 0) is 43.3 Å². The summed E-state index contributed by atoms with van der Waals surface area (Å²) in [5.41, 5.74) is 4.57. The zero-order valence-corrected chi connectivity index (χ0v) is 17.8. The van der Waals surface area contributed by atoms with Gasteiger partial charge < -0.3 is 20.3 Å².